The molecule has 1 aliphatic carbocycles. The first kappa shape index (κ1) is 12.6. The third-order valence-electron chi connectivity index (χ3n) is 3.79. The molecule has 1 aromatic heterocycles. The average molecular weight is 266 g/mol. The fourth-order valence-corrected chi connectivity index (χ4v) is 3.23. The highest BCUT2D eigenvalue weighted by Gasteiger charge is 2.29. The molecule has 1 aliphatic heterocycles. The molecule has 1 saturated carbocycles. The Morgan fingerprint density at radius 1 is 1.44 bits per heavy atom. The van der Waals surface area contributed by atoms with Gasteiger partial charge in [0.1, 0.15) is 0 Å². The molecule has 0 spiro atoms. The quantitative estimate of drug-likeness (QED) is 0.853. The summed E-state index contributed by atoms with van der Waals surface area (Å²) in [4.78, 5) is 2.65. The molecule has 100 valence electrons. The van der Waals surface area contributed by atoms with Crippen molar-refractivity contribution in [1.29, 1.82) is 0 Å². The predicted molar refractivity (Wildman–Crippen MR) is 75.0 cm³/mol. The van der Waals surface area contributed by atoms with Gasteiger partial charge in [0, 0.05) is 31.7 Å². The van der Waals surface area contributed by atoms with E-state index in [-0.39, 0.29) is 0 Å². The zero-order valence-corrected chi connectivity index (χ0v) is 11.6. The van der Waals surface area contributed by atoms with Crippen molar-refractivity contribution >= 4 is 11.3 Å². The van der Waals surface area contributed by atoms with Crippen molar-refractivity contribution < 1.29 is 4.74 Å². The van der Waals surface area contributed by atoms with Gasteiger partial charge in [-0.2, -0.15) is 11.3 Å². The number of nitrogens with one attached hydrogen (secondary N) is 1. The first-order chi connectivity index (χ1) is 8.92. The molecule has 1 N–H and O–H groups in total. The number of ether oxygens (including phenoxy) is 1. The van der Waals surface area contributed by atoms with Gasteiger partial charge in [-0.05, 0) is 41.7 Å². The van der Waals surface area contributed by atoms with E-state index in [1.165, 1.54) is 31.4 Å². The summed E-state index contributed by atoms with van der Waals surface area (Å²) in [7, 11) is 0. The fourth-order valence-electron chi connectivity index (χ4n) is 2.57. The Morgan fingerprint density at radius 3 is 3.06 bits per heavy atom. The molecule has 4 heteroatoms. The number of morpholine rings is 1. The van der Waals surface area contributed by atoms with Gasteiger partial charge in [0.25, 0.3) is 0 Å². The molecule has 2 heterocycles. The Kier molecular flexibility index (Phi) is 4.31. The predicted octanol–water partition coefficient (Wildman–Crippen LogP) is 2.09. The minimum Gasteiger partial charge on any atom is -0.379 e. The molecule has 1 unspecified atom stereocenters. The van der Waals surface area contributed by atoms with Gasteiger partial charge < -0.3 is 10.1 Å². The molecule has 0 amide bonds. The molecule has 18 heavy (non-hydrogen) atoms. The first-order valence-electron chi connectivity index (χ1n) is 6.98. The summed E-state index contributed by atoms with van der Waals surface area (Å²) in [5, 5.41) is 8.00. The van der Waals surface area contributed by atoms with Crippen LogP contribution in [0.15, 0.2) is 16.8 Å². The van der Waals surface area contributed by atoms with Gasteiger partial charge in [-0.3, -0.25) is 4.90 Å². The van der Waals surface area contributed by atoms with E-state index in [4.69, 9.17) is 4.74 Å². The van der Waals surface area contributed by atoms with Crippen molar-refractivity contribution in [3.05, 3.63) is 22.4 Å². The third-order valence-corrected chi connectivity index (χ3v) is 4.52. The van der Waals surface area contributed by atoms with Gasteiger partial charge in [0.05, 0.1) is 13.2 Å². The SMILES string of the molecule is c1cc(CN(CCC2COCCN2)C2CC2)cs1. The second-order valence-electron chi connectivity index (χ2n) is 5.35. The Hall–Kier alpha value is -0.420. The van der Waals surface area contributed by atoms with Crippen LogP contribution in [-0.2, 0) is 11.3 Å². The van der Waals surface area contributed by atoms with Crippen molar-refractivity contribution in [2.24, 2.45) is 0 Å². The maximum atomic E-state index is 5.52. The number of hydrogen-bond acceptors (Lipinski definition) is 4. The molecular weight excluding hydrogens is 244 g/mol. The molecule has 2 aliphatic rings. The monoisotopic (exact) mass is 266 g/mol. The highest BCUT2D eigenvalue weighted by molar-refractivity contribution is 7.07. The smallest absolute Gasteiger partial charge is 0.0620 e. The van der Waals surface area contributed by atoms with Crippen molar-refractivity contribution in [2.45, 2.75) is 37.9 Å². The molecule has 1 aromatic rings. The third kappa shape index (κ3) is 3.54. The number of thiophene rings is 1. The van der Waals surface area contributed by atoms with Crippen molar-refractivity contribution in [1.82, 2.24) is 10.2 Å². The molecular formula is C14H22N2OS. The second-order valence-corrected chi connectivity index (χ2v) is 6.13. The van der Waals surface area contributed by atoms with Gasteiger partial charge in [-0.15, -0.1) is 0 Å². The summed E-state index contributed by atoms with van der Waals surface area (Å²) in [5.41, 5.74) is 1.47. The van der Waals surface area contributed by atoms with Gasteiger partial charge >= 0.3 is 0 Å². The van der Waals surface area contributed by atoms with E-state index >= 15 is 0 Å². The fraction of sp³-hybridized carbons (Fsp3) is 0.714. The molecule has 0 bridgehead atoms. The molecule has 3 rings (SSSR count). The zero-order valence-electron chi connectivity index (χ0n) is 10.8. The van der Waals surface area contributed by atoms with Crippen LogP contribution in [-0.4, -0.2) is 43.3 Å². The second kappa shape index (κ2) is 6.15. The van der Waals surface area contributed by atoms with E-state index in [1.54, 1.807) is 11.3 Å². The van der Waals surface area contributed by atoms with Crippen LogP contribution < -0.4 is 5.32 Å². The van der Waals surface area contributed by atoms with Gasteiger partial charge in [0.2, 0.25) is 0 Å². The lowest BCUT2D eigenvalue weighted by Gasteiger charge is -2.27. The largest absolute Gasteiger partial charge is 0.379 e. The standard InChI is InChI=1S/C14H22N2OS/c1-2-14(1)16(9-12-4-8-18-11-12)6-3-13-10-17-7-5-15-13/h4,8,11,13-15H,1-3,5-7,9-10H2. The minimum absolute atomic E-state index is 0.558. The first-order valence-corrected chi connectivity index (χ1v) is 7.92. The molecule has 1 atom stereocenters. The summed E-state index contributed by atoms with van der Waals surface area (Å²) >= 11 is 1.80. The Labute approximate surface area is 113 Å². The Balaban J connectivity index is 1.47. The lowest BCUT2D eigenvalue weighted by Crippen LogP contribution is -2.43. The number of nitrogens with zero attached hydrogens (tertiary/aromatic N) is 1. The van der Waals surface area contributed by atoms with E-state index < -0.39 is 0 Å². The number of rotatable bonds is 6. The molecule has 2 fully saturated rings. The van der Waals surface area contributed by atoms with Crippen LogP contribution >= 0.6 is 11.3 Å². The lowest BCUT2D eigenvalue weighted by atomic mass is 10.2. The summed E-state index contributed by atoms with van der Waals surface area (Å²) in [6, 6.07) is 3.65. The Bertz CT molecular complexity index is 345. The van der Waals surface area contributed by atoms with Crippen LogP contribution in [0, 0.1) is 0 Å². The summed E-state index contributed by atoms with van der Waals surface area (Å²) in [6.45, 7) is 5.09. The summed E-state index contributed by atoms with van der Waals surface area (Å²) < 4.78 is 5.52. The highest BCUT2D eigenvalue weighted by atomic mass is 32.1. The van der Waals surface area contributed by atoms with Crippen LogP contribution in [0.25, 0.3) is 0 Å². The van der Waals surface area contributed by atoms with Crippen LogP contribution in [0.5, 0.6) is 0 Å². The van der Waals surface area contributed by atoms with Gasteiger partial charge in [-0.25, -0.2) is 0 Å². The molecule has 1 saturated heterocycles. The van der Waals surface area contributed by atoms with Gasteiger partial charge in [0.15, 0.2) is 0 Å². The molecule has 0 aromatic carbocycles. The van der Waals surface area contributed by atoms with Crippen LogP contribution in [0.4, 0.5) is 0 Å². The van der Waals surface area contributed by atoms with E-state index in [2.05, 4.69) is 27.0 Å². The normalized spacial score (nSPS) is 24.6. The van der Waals surface area contributed by atoms with Crippen LogP contribution in [0.2, 0.25) is 0 Å². The summed E-state index contributed by atoms with van der Waals surface area (Å²) in [6.07, 6.45) is 3.98. The highest BCUT2D eigenvalue weighted by Crippen LogP contribution is 2.29. The van der Waals surface area contributed by atoms with Crippen molar-refractivity contribution in [3.63, 3.8) is 0 Å². The van der Waals surface area contributed by atoms with E-state index in [9.17, 15) is 0 Å². The maximum absolute atomic E-state index is 5.52. The van der Waals surface area contributed by atoms with E-state index in [0.717, 1.165) is 32.3 Å². The van der Waals surface area contributed by atoms with E-state index in [1.807, 2.05) is 0 Å². The molecule has 0 radical (unpaired) electrons. The topological polar surface area (TPSA) is 24.5 Å². The number of hydrogen-bond donors (Lipinski definition) is 1. The van der Waals surface area contributed by atoms with Crippen LogP contribution in [0.1, 0.15) is 24.8 Å². The average Bonchev–Trinajstić information content (AvgIpc) is 3.13. The van der Waals surface area contributed by atoms with Crippen LogP contribution in [0.3, 0.4) is 0 Å². The maximum Gasteiger partial charge on any atom is 0.0620 e. The van der Waals surface area contributed by atoms with Crippen molar-refractivity contribution in [3.8, 4) is 0 Å². The zero-order chi connectivity index (χ0) is 12.2. The Morgan fingerprint density at radius 2 is 2.39 bits per heavy atom. The van der Waals surface area contributed by atoms with Crippen molar-refractivity contribution in [2.75, 3.05) is 26.3 Å². The lowest BCUT2D eigenvalue weighted by molar-refractivity contribution is 0.0691. The molecule has 3 nitrogen and oxygen atoms in total. The minimum atomic E-state index is 0.558. The van der Waals surface area contributed by atoms with E-state index in [0.29, 0.717) is 6.04 Å². The summed E-state index contributed by atoms with van der Waals surface area (Å²) in [5.74, 6) is 0. The van der Waals surface area contributed by atoms with Gasteiger partial charge in [-0.1, -0.05) is 0 Å².